The van der Waals surface area contributed by atoms with Crippen LogP contribution in [0.4, 0.5) is 0 Å². The number of carbonyl (C=O) groups excluding carboxylic acids is 3. The van der Waals surface area contributed by atoms with E-state index < -0.39 is 36.3 Å². The first-order chi connectivity index (χ1) is 17.4. The van der Waals surface area contributed by atoms with Gasteiger partial charge in [-0.1, -0.05) is 0 Å². The molecule has 0 aromatic rings. The number of hydrogen-bond acceptors (Lipinski definition) is 9. The minimum absolute atomic E-state index is 0.0955. The summed E-state index contributed by atoms with van der Waals surface area (Å²) in [5, 5.41) is 0. The monoisotopic (exact) mass is 503 g/mol. The van der Waals surface area contributed by atoms with Crippen LogP contribution < -0.4 is 0 Å². The van der Waals surface area contributed by atoms with Gasteiger partial charge in [-0.15, -0.1) is 0 Å². The lowest BCUT2D eigenvalue weighted by molar-refractivity contribution is -0.224. The van der Waals surface area contributed by atoms with Crippen LogP contribution in [0.3, 0.4) is 0 Å². The zero-order chi connectivity index (χ0) is 24.6. The molecule has 2 aliphatic heterocycles. The third-order valence-corrected chi connectivity index (χ3v) is 10.3. The topological polar surface area (TPSA) is 101 Å². The van der Waals surface area contributed by atoms with Crippen molar-refractivity contribution in [3.63, 3.8) is 0 Å². The van der Waals surface area contributed by atoms with E-state index in [1.54, 1.807) is 6.92 Å². The van der Waals surface area contributed by atoms with E-state index in [4.69, 9.17) is 23.7 Å². The normalized spacial score (nSPS) is 47.1. The molecule has 0 amide bonds. The average Bonchev–Trinajstić information content (AvgIpc) is 3.45. The molecule has 6 bridgehead atoms. The highest BCUT2D eigenvalue weighted by molar-refractivity contribution is 5.86. The Morgan fingerprint density at radius 1 is 0.972 bits per heavy atom. The van der Waals surface area contributed by atoms with Crippen molar-refractivity contribution in [2.75, 3.05) is 32.8 Å². The first-order valence-electron chi connectivity index (χ1n) is 14.0. The highest BCUT2D eigenvalue weighted by Crippen LogP contribution is 2.59. The van der Waals surface area contributed by atoms with E-state index in [0.717, 1.165) is 11.8 Å². The fourth-order valence-electron chi connectivity index (χ4n) is 9.19. The lowest BCUT2D eigenvalue weighted by Gasteiger charge is -2.54. The number of carbonyl (C=O) groups is 3. The Balaban J connectivity index is 0.991. The zero-order valence-corrected chi connectivity index (χ0v) is 20.9. The minimum Gasteiger partial charge on any atom is -0.458 e. The maximum absolute atomic E-state index is 13.4. The predicted molar refractivity (Wildman–Crippen MR) is 123 cm³/mol. The maximum Gasteiger partial charge on any atom is 0.320 e. The van der Waals surface area contributed by atoms with Crippen molar-refractivity contribution in [3.05, 3.63) is 0 Å². The van der Waals surface area contributed by atoms with Gasteiger partial charge in [-0.2, -0.15) is 0 Å². The molecule has 7 unspecified atom stereocenters. The van der Waals surface area contributed by atoms with Crippen molar-refractivity contribution in [2.45, 2.75) is 70.1 Å². The van der Waals surface area contributed by atoms with E-state index in [9.17, 15) is 14.4 Å². The van der Waals surface area contributed by atoms with Crippen LogP contribution in [-0.2, 0) is 38.1 Å². The molecule has 36 heavy (non-hydrogen) atoms. The van der Waals surface area contributed by atoms with Gasteiger partial charge in [-0.3, -0.25) is 19.3 Å². The molecule has 198 valence electrons. The molecule has 2 saturated heterocycles. The minimum atomic E-state index is -0.658. The average molecular weight is 504 g/mol. The fraction of sp³-hybridized carbons (Fsp3) is 0.889. The number of fused-ring (bicyclic) bond motifs is 1. The van der Waals surface area contributed by atoms with E-state index in [1.807, 2.05) is 4.90 Å². The molecule has 0 spiro atoms. The van der Waals surface area contributed by atoms with Gasteiger partial charge in [0.1, 0.15) is 12.2 Å². The molecule has 0 radical (unpaired) electrons. The van der Waals surface area contributed by atoms with Crippen molar-refractivity contribution in [1.82, 2.24) is 4.90 Å². The largest absolute Gasteiger partial charge is 0.458 e. The smallest absolute Gasteiger partial charge is 0.320 e. The third-order valence-electron chi connectivity index (χ3n) is 10.3. The summed E-state index contributed by atoms with van der Waals surface area (Å²) in [5.41, 5.74) is 0. The highest BCUT2D eigenvalue weighted by Gasteiger charge is 2.70. The van der Waals surface area contributed by atoms with Gasteiger partial charge in [0, 0.05) is 24.9 Å². The Kier molecular flexibility index (Phi) is 5.82. The van der Waals surface area contributed by atoms with Gasteiger partial charge in [0.05, 0.1) is 37.7 Å². The second-order valence-corrected chi connectivity index (χ2v) is 12.4. The summed E-state index contributed by atoms with van der Waals surface area (Å²) >= 11 is 0. The van der Waals surface area contributed by atoms with Crippen LogP contribution >= 0.6 is 0 Å². The number of esters is 3. The van der Waals surface area contributed by atoms with Gasteiger partial charge >= 0.3 is 17.9 Å². The molecule has 0 N–H and O–H groups in total. The standard InChI is InChI=1S/C27H37NO8/c1-13(33-23-16-7-14-6-15(9-16)10-17(23)8-14)34-26(30)21-18-11-19-22(21)27(31)36-25(19)24(18)35-20(29)12-28-2-4-32-5-3-28/h13-19,21-25H,2-12H2,1H3. The first-order valence-corrected chi connectivity index (χ1v) is 14.0. The lowest BCUT2D eigenvalue weighted by atomic mass is 9.55. The SMILES string of the molecule is CC(OC(=O)C1C2CC3C(OC(=O)C31)C2OC(=O)CN1CCOCC1)OC1C2CC3CC(C2)CC1C3. The van der Waals surface area contributed by atoms with E-state index in [0.29, 0.717) is 44.6 Å². The van der Waals surface area contributed by atoms with Crippen LogP contribution in [-0.4, -0.2) is 80.3 Å². The molecule has 0 aromatic carbocycles. The number of rotatable bonds is 7. The summed E-state index contributed by atoms with van der Waals surface area (Å²) in [7, 11) is 0. The zero-order valence-electron chi connectivity index (χ0n) is 20.9. The molecular formula is C27H37NO8. The second kappa shape index (κ2) is 8.95. The number of ether oxygens (including phenoxy) is 5. The number of nitrogens with zero attached hydrogens (tertiary/aromatic N) is 1. The van der Waals surface area contributed by atoms with Gasteiger partial charge in [-0.05, 0) is 69.1 Å². The van der Waals surface area contributed by atoms with Crippen LogP contribution in [0.25, 0.3) is 0 Å². The molecule has 8 rings (SSSR count). The van der Waals surface area contributed by atoms with Gasteiger partial charge in [0.2, 0.25) is 0 Å². The molecule has 6 aliphatic carbocycles. The second-order valence-electron chi connectivity index (χ2n) is 12.4. The molecule has 9 nitrogen and oxygen atoms in total. The van der Waals surface area contributed by atoms with Crippen LogP contribution in [0.5, 0.6) is 0 Å². The van der Waals surface area contributed by atoms with Gasteiger partial charge < -0.3 is 23.7 Å². The summed E-state index contributed by atoms with van der Waals surface area (Å²) < 4.78 is 29.0. The third kappa shape index (κ3) is 3.88. The Labute approximate surface area is 211 Å². The Morgan fingerprint density at radius 2 is 1.67 bits per heavy atom. The summed E-state index contributed by atoms with van der Waals surface area (Å²) in [6, 6.07) is 0. The first kappa shape index (κ1) is 23.4. The van der Waals surface area contributed by atoms with Gasteiger partial charge in [0.25, 0.3) is 0 Å². The van der Waals surface area contributed by atoms with Crippen LogP contribution in [0.15, 0.2) is 0 Å². The quantitative estimate of drug-likeness (QED) is 0.292. The van der Waals surface area contributed by atoms with Crippen molar-refractivity contribution in [1.29, 1.82) is 0 Å². The predicted octanol–water partition coefficient (Wildman–Crippen LogP) is 1.77. The lowest BCUT2D eigenvalue weighted by Crippen LogP contribution is -2.51. The van der Waals surface area contributed by atoms with E-state index in [2.05, 4.69) is 0 Å². The molecular weight excluding hydrogens is 466 g/mol. The van der Waals surface area contributed by atoms with Crippen LogP contribution in [0.2, 0.25) is 0 Å². The van der Waals surface area contributed by atoms with E-state index in [-0.39, 0.29) is 36.4 Å². The Morgan fingerprint density at radius 3 is 2.36 bits per heavy atom. The molecule has 6 saturated carbocycles. The fourth-order valence-corrected chi connectivity index (χ4v) is 9.19. The van der Waals surface area contributed by atoms with Crippen molar-refractivity contribution >= 4 is 17.9 Å². The van der Waals surface area contributed by atoms with E-state index in [1.165, 1.54) is 32.1 Å². The van der Waals surface area contributed by atoms with Crippen molar-refractivity contribution in [3.8, 4) is 0 Å². The van der Waals surface area contributed by atoms with Crippen LogP contribution in [0, 0.1) is 47.3 Å². The molecule has 7 atom stereocenters. The van der Waals surface area contributed by atoms with Gasteiger partial charge in [-0.25, -0.2) is 0 Å². The molecule has 0 aromatic heterocycles. The molecule has 2 heterocycles. The molecule has 8 fully saturated rings. The maximum atomic E-state index is 13.4. The van der Waals surface area contributed by atoms with Crippen molar-refractivity contribution < 1.29 is 38.1 Å². The van der Waals surface area contributed by atoms with Gasteiger partial charge in [0.15, 0.2) is 6.29 Å². The molecule has 8 aliphatic rings. The summed E-state index contributed by atoms with van der Waals surface area (Å²) in [6.07, 6.45) is 5.41. The van der Waals surface area contributed by atoms with E-state index >= 15 is 0 Å². The van der Waals surface area contributed by atoms with Crippen LogP contribution in [0.1, 0.15) is 45.4 Å². The Bertz CT molecular complexity index is 889. The number of hydrogen-bond donors (Lipinski definition) is 0. The summed E-state index contributed by atoms with van der Waals surface area (Å²) in [5.74, 6) is 0.212. The Hall–Kier alpha value is -1.71. The molecule has 9 heteroatoms. The van der Waals surface area contributed by atoms with Crippen molar-refractivity contribution in [2.24, 2.45) is 47.3 Å². The summed E-state index contributed by atoms with van der Waals surface area (Å²) in [4.78, 5) is 40.8. The highest BCUT2D eigenvalue weighted by atomic mass is 16.7. The number of morpholine rings is 1. The summed E-state index contributed by atoms with van der Waals surface area (Å²) in [6.45, 7) is 4.53.